The molecule has 1 aliphatic rings. The summed E-state index contributed by atoms with van der Waals surface area (Å²) in [5.74, 6) is -3.36. The first-order valence-electron chi connectivity index (χ1n) is 7.17. The number of anilines is 1. The van der Waals surface area contributed by atoms with Crippen LogP contribution in [-0.2, 0) is 16.4 Å². The molecular formula is C15H13FN2O6S. The Bertz CT molecular complexity index is 996. The lowest BCUT2D eigenvalue weighted by molar-refractivity contribution is 0.0660. The number of carbonyl (C=O) groups excluding carboxylic acids is 1. The summed E-state index contributed by atoms with van der Waals surface area (Å²) >= 11 is 0. The lowest BCUT2D eigenvalue weighted by Gasteiger charge is -2.19. The first kappa shape index (κ1) is 17.0. The first-order valence-corrected chi connectivity index (χ1v) is 8.65. The van der Waals surface area contributed by atoms with Crippen LogP contribution >= 0.6 is 0 Å². The molecule has 0 bridgehead atoms. The van der Waals surface area contributed by atoms with Crippen LogP contribution < -0.4 is 10.0 Å². The van der Waals surface area contributed by atoms with Gasteiger partial charge in [0, 0.05) is 23.7 Å². The van der Waals surface area contributed by atoms with Crippen molar-refractivity contribution < 1.29 is 31.9 Å². The van der Waals surface area contributed by atoms with Crippen molar-refractivity contribution >= 4 is 27.6 Å². The Kier molecular flexibility index (Phi) is 3.99. The minimum Gasteiger partial charge on any atom is -0.475 e. The molecule has 3 N–H and O–H groups in total. The molecule has 0 unspecified atom stereocenters. The number of aryl methyl sites for hydroxylation is 1. The van der Waals surface area contributed by atoms with E-state index >= 15 is 0 Å². The third kappa shape index (κ3) is 2.95. The van der Waals surface area contributed by atoms with Crippen molar-refractivity contribution in [3.05, 3.63) is 46.7 Å². The van der Waals surface area contributed by atoms with Gasteiger partial charge in [0.2, 0.25) is 5.76 Å². The van der Waals surface area contributed by atoms with Gasteiger partial charge in [0.15, 0.2) is 5.82 Å². The molecule has 0 saturated carbocycles. The van der Waals surface area contributed by atoms with Crippen molar-refractivity contribution in [3.8, 4) is 0 Å². The molecule has 132 valence electrons. The SMILES string of the molecule is Cc1oc(C(=O)O)cc1S(=O)(=O)Nc1ccc2c(c1F)CCNC2=O. The molecule has 8 nitrogen and oxygen atoms in total. The highest BCUT2D eigenvalue weighted by Gasteiger charge is 2.27. The van der Waals surface area contributed by atoms with E-state index in [4.69, 9.17) is 9.52 Å². The fraction of sp³-hybridized carbons (Fsp3) is 0.200. The van der Waals surface area contributed by atoms with Gasteiger partial charge in [-0.3, -0.25) is 9.52 Å². The zero-order chi connectivity index (χ0) is 18.4. The number of furan rings is 1. The number of carboxylic acids is 1. The molecule has 1 aromatic heterocycles. The highest BCUT2D eigenvalue weighted by atomic mass is 32.2. The summed E-state index contributed by atoms with van der Waals surface area (Å²) in [6.45, 7) is 1.54. The molecular weight excluding hydrogens is 355 g/mol. The monoisotopic (exact) mass is 368 g/mol. The van der Waals surface area contributed by atoms with Gasteiger partial charge in [-0.2, -0.15) is 0 Å². The normalized spacial score (nSPS) is 13.9. The van der Waals surface area contributed by atoms with Crippen LogP contribution in [0.1, 0.15) is 32.2 Å². The van der Waals surface area contributed by atoms with Crippen LogP contribution in [0, 0.1) is 12.7 Å². The Balaban J connectivity index is 1.99. The molecule has 0 spiro atoms. The van der Waals surface area contributed by atoms with Crippen LogP contribution in [0.5, 0.6) is 0 Å². The highest BCUT2D eigenvalue weighted by Crippen LogP contribution is 2.28. The van der Waals surface area contributed by atoms with Crippen LogP contribution in [0.25, 0.3) is 0 Å². The van der Waals surface area contributed by atoms with Gasteiger partial charge in [-0.1, -0.05) is 0 Å². The topological polar surface area (TPSA) is 126 Å². The number of benzene rings is 1. The van der Waals surface area contributed by atoms with E-state index in [-0.39, 0.29) is 35.5 Å². The number of carboxylic acid groups (broad SMARTS) is 1. The van der Waals surface area contributed by atoms with Crippen molar-refractivity contribution in [1.82, 2.24) is 5.32 Å². The van der Waals surface area contributed by atoms with Crippen molar-refractivity contribution in [3.63, 3.8) is 0 Å². The smallest absolute Gasteiger partial charge is 0.371 e. The Hall–Kier alpha value is -2.88. The van der Waals surface area contributed by atoms with Crippen molar-refractivity contribution in [2.45, 2.75) is 18.2 Å². The predicted octanol–water partition coefficient (Wildman–Crippen LogP) is 1.51. The van der Waals surface area contributed by atoms with E-state index in [2.05, 4.69) is 10.0 Å². The molecule has 3 rings (SSSR count). The molecule has 1 amide bonds. The van der Waals surface area contributed by atoms with Gasteiger partial charge in [0.05, 0.1) is 5.69 Å². The van der Waals surface area contributed by atoms with Gasteiger partial charge < -0.3 is 14.8 Å². The number of halogens is 1. The summed E-state index contributed by atoms with van der Waals surface area (Å²) in [4.78, 5) is 22.2. The molecule has 0 fully saturated rings. The van der Waals surface area contributed by atoms with Crippen LogP contribution in [0.4, 0.5) is 10.1 Å². The second kappa shape index (κ2) is 5.88. The van der Waals surface area contributed by atoms with Crippen molar-refractivity contribution in [2.24, 2.45) is 0 Å². The second-order valence-electron chi connectivity index (χ2n) is 5.40. The summed E-state index contributed by atoms with van der Waals surface area (Å²) < 4.78 is 46.4. The number of rotatable bonds is 4. The van der Waals surface area contributed by atoms with Gasteiger partial charge >= 0.3 is 5.97 Å². The fourth-order valence-corrected chi connectivity index (χ4v) is 3.83. The quantitative estimate of drug-likeness (QED) is 0.751. The third-order valence-corrected chi connectivity index (χ3v) is 5.24. The maximum atomic E-state index is 14.6. The first-order chi connectivity index (χ1) is 11.7. The summed E-state index contributed by atoms with van der Waals surface area (Å²) in [6, 6.07) is 3.32. The summed E-state index contributed by atoms with van der Waals surface area (Å²) in [5.41, 5.74) is -0.0515. The number of nitrogens with one attached hydrogen (secondary N) is 2. The van der Waals surface area contributed by atoms with Gasteiger partial charge in [-0.15, -0.1) is 0 Å². The van der Waals surface area contributed by atoms with Gasteiger partial charge in [0.1, 0.15) is 10.7 Å². The van der Waals surface area contributed by atoms with Crippen molar-refractivity contribution in [1.29, 1.82) is 0 Å². The van der Waals surface area contributed by atoms with Gasteiger partial charge in [-0.05, 0) is 25.5 Å². The van der Waals surface area contributed by atoms with Crippen LogP contribution in [0.2, 0.25) is 0 Å². The Morgan fingerprint density at radius 1 is 1.40 bits per heavy atom. The number of carbonyl (C=O) groups is 2. The fourth-order valence-electron chi connectivity index (χ4n) is 2.59. The van der Waals surface area contributed by atoms with E-state index in [0.717, 1.165) is 12.1 Å². The van der Waals surface area contributed by atoms with E-state index in [1.807, 2.05) is 0 Å². The molecule has 1 aliphatic heterocycles. The van der Waals surface area contributed by atoms with Crippen LogP contribution in [-0.4, -0.2) is 31.9 Å². The average Bonchev–Trinajstić information content (AvgIpc) is 2.94. The zero-order valence-electron chi connectivity index (χ0n) is 12.9. The summed E-state index contributed by atoms with van der Waals surface area (Å²) in [5, 5.41) is 11.4. The number of fused-ring (bicyclic) bond motifs is 1. The van der Waals surface area contributed by atoms with Gasteiger partial charge in [-0.25, -0.2) is 17.6 Å². The van der Waals surface area contributed by atoms with E-state index in [1.54, 1.807) is 0 Å². The molecule has 10 heteroatoms. The van der Waals surface area contributed by atoms with E-state index in [0.29, 0.717) is 0 Å². The Labute approximate surface area is 141 Å². The maximum absolute atomic E-state index is 14.6. The third-order valence-electron chi connectivity index (χ3n) is 3.77. The second-order valence-corrected chi connectivity index (χ2v) is 7.05. The molecule has 25 heavy (non-hydrogen) atoms. The molecule has 2 heterocycles. The number of sulfonamides is 1. The minimum atomic E-state index is -4.27. The largest absolute Gasteiger partial charge is 0.475 e. The van der Waals surface area contributed by atoms with E-state index in [1.165, 1.54) is 13.0 Å². The molecule has 2 aromatic rings. The Morgan fingerprint density at radius 2 is 2.12 bits per heavy atom. The molecule has 1 aromatic carbocycles. The maximum Gasteiger partial charge on any atom is 0.371 e. The highest BCUT2D eigenvalue weighted by molar-refractivity contribution is 7.92. The molecule has 0 radical (unpaired) electrons. The van der Waals surface area contributed by atoms with Crippen LogP contribution in [0.3, 0.4) is 0 Å². The number of aromatic carboxylic acids is 1. The van der Waals surface area contributed by atoms with E-state index in [9.17, 15) is 22.4 Å². The standard InChI is InChI=1S/C15H13FN2O6S/c1-7-12(6-11(24-7)15(20)21)25(22,23)18-10-3-2-9-8(13(10)16)4-5-17-14(9)19/h2-3,6,18H,4-5H2,1H3,(H,17,19)(H,20,21). The lowest BCUT2D eigenvalue weighted by atomic mass is 9.99. The molecule has 0 atom stereocenters. The zero-order valence-corrected chi connectivity index (χ0v) is 13.7. The van der Waals surface area contributed by atoms with Crippen LogP contribution in [0.15, 0.2) is 27.5 Å². The minimum absolute atomic E-state index is 0.124. The number of hydrogen-bond donors (Lipinski definition) is 3. The summed E-state index contributed by atoms with van der Waals surface area (Å²) in [7, 11) is -4.27. The molecule has 0 saturated heterocycles. The van der Waals surface area contributed by atoms with E-state index < -0.39 is 38.4 Å². The Morgan fingerprint density at radius 3 is 2.76 bits per heavy atom. The van der Waals surface area contributed by atoms with Crippen molar-refractivity contribution in [2.75, 3.05) is 11.3 Å². The number of amides is 1. The van der Waals surface area contributed by atoms with Gasteiger partial charge in [0.25, 0.3) is 15.9 Å². The molecule has 0 aliphatic carbocycles. The number of hydrogen-bond acceptors (Lipinski definition) is 5. The average molecular weight is 368 g/mol. The summed E-state index contributed by atoms with van der Waals surface area (Å²) in [6.07, 6.45) is 0.233. The lowest BCUT2D eigenvalue weighted by Crippen LogP contribution is -2.32. The predicted molar refractivity (Wildman–Crippen MR) is 83.7 cm³/mol.